The first-order valence-electron chi connectivity index (χ1n) is 10.4. The second-order valence-corrected chi connectivity index (χ2v) is 8.34. The molecule has 0 aromatic heterocycles. The number of imide groups is 1. The van der Waals surface area contributed by atoms with Crippen LogP contribution in [0.1, 0.15) is 22.0 Å². The Kier molecular flexibility index (Phi) is 5.55. The van der Waals surface area contributed by atoms with Gasteiger partial charge in [-0.2, -0.15) is 0 Å². The Balaban J connectivity index is 1.53. The van der Waals surface area contributed by atoms with Crippen molar-refractivity contribution in [2.75, 3.05) is 17.1 Å². The quantitative estimate of drug-likeness (QED) is 0.409. The molecule has 0 radical (unpaired) electrons. The third-order valence-electron chi connectivity index (χ3n) is 5.95. The summed E-state index contributed by atoms with van der Waals surface area (Å²) in [5.74, 6) is -2.79. The molecule has 34 heavy (non-hydrogen) atoms. The van der Waals surface area contributed by atoms with Gasteiger partial charge in [0, 0.05) is 5.02 Å². The lowest BCUT2D eigenvalue weighted by Gasteiger charge is -2.28. The minimum atomic E-state index is -1.07. The van der Waals surface area contributed by atoms with E-state index in [9.17, 15) is 18.8 Å². The van der Waals surface area contributed by atoms with Crippen LogP contribution < -0.4 is 9.96 Å². The van der Waals surface area contributed by atoms with Crippen LogP contribution in [0.15, 0.2) is 72.8 Å². The number of nitrogens with zero attached hydrogens (tertiary/aromatic N) is 2. The van der Waals surface area contributed by atoms with Crippen LogP contribution in [0, 0.1) is 11.7 Å². The number of esters is 1. The third-order valence-corrected chi connectivity index (χ3v) is 6.21. The molecular formula is C25H18ClFN2O5. The van der Waals surface area contributed by atoms with Crippen molar-refractivity contribution < 1.29 is 28.3 Å². The molecule has 0 unspecified atom stereocenters. The van der Waals surface area contributed by atoms with Gasteiger partial charge in [-0.15, -0.1) is 0 Å². The number of hydroxylamine groups is 1. The van der Waals surface area contributed by atoms with Crippen LogP contribution >= 0.6 is 11.6 Å². The number of anilines is 2. The number of carbonyl (C=O) groups excluding carboxylic acids is 3. The fourth-order valence-electron chi connectivity index (χ4n) is 4.34. The van der Waals surface area contributed by atoms with Gasteiger partial charge in [0.25, 0.3) is 5.91 Å². The van der Waals surface area contributed by atoms with Crippen molar-refractivity contribution in [3.05, 3.63) is 94.8 Å². The van der Waals surface area contributed by atoms with Crippen molar-refractivity contribution in [3.8, 4) is 0 Å². The SMILES string of the molecule is COC(=O)c1ccc(N2C(=O)[C@H]3[C@@H](ON(c4ccc(Cl)cc4)[C@H]3c3ccc(F)cc3)C2=O)cc1. The molecule has 3 aromatic carbocycles. The van der Waals surface area contributed by atoms with Gasteiger partial charge in [-0.3, -0.25) is 14.4 Å². The third kappa shape index (κ3) is 3.61. The highest BCUT2D eigenvalue weighted by Crippen LogP contribution is 2.47. The van der Waals surface area contributed by atoms with E-state index in [0.717, 1.165) is 4.90 Å². The van der Waals surface area contributed by atoms with Crippen molar-refractivity contribution >= 4 is 40.8 Å². The highest BCUT2D eigenvalue weighted by Gasteiger charge is 2.60. The average Bonchev–Trinajstić information content (AvgIpc) is 3.35. The van der Waals surface area contributed by atoms with Crippen molar-refractivity contribution in [2.45, 2.75) is 12.1 Å². The minimum absolute atomic E-state index is 0.292. The standard InChI is InChI=1S/C25H18ClFN2O5/c1-33-25(32)15-4-10-18(11-5-15)28-23(30)20-21(14-2-8-17(27)9-3-14)29(34-22(20)24(28)31)19-12-6-16(26)7-13-19/h2-13,20-22H,1H3/t20-,21+,22-/m1/s1. The van der Waals surface area contributed by atoms with E-state index in [1.165, 1.54) is 48.6 Å². The molecule has 0 bridgehead atoms. The molecule has 2 aliphatic rings. The van der Waals surface area contributed by atoms with Gasteiger partial charge < -0.3 is 4.74 Å². The second kappa shape index (κ2) is 8.55. The maximum absolute atomic E-state index is 13.6. The number of ether oxygens (including phenoxy) is 1. The molecule has 5 rings (SSSR count). The lowest BCUT2D eigenvalue weighted by atomic mass is 9.90. The average molecular weight is 481 g/mol. The van der Waals surface area contributed by atoms with Crippen LogP contribution in [0.5, 0.6) is 0 Å². The van der Waals surface area contributed by atoms with Crippen molar-refractivity contribution in [1.29, 1.82) is 0 Å². The highest BCUT2D eigenvalue weighted by atomic mass is 35.5. The van der Waals surface area contributed by atoms with E-state index in [0.29, 0.717) is 27.5 Å². The summed E-state index contributed by atoms with van der Waals surface area (Å²) in [4.78, 5) is 45.7. The molecule has 2 fully saturated rings. The number of hydrogen-bond donors (Lipinski definition) is 0. The first-order valence-corrected chi connectivity index (χ1v) is 10.8. The van der Waals surface area contributed by atoms with E-state index >= 15 is 0 Å². The Morgan fingerprint density at radius 3 is 2.15 bits per heavy atom. The van der Waals surface area contributed by atoms with Crippen molar-refractivity contribution in [1.82, 2.24) is 0 Å². The molecule has 2 saturated heterocycles. The summed E-state index contributed by atoms with van der Waals surface area (Å²) in [6.45, 7) is 0. The Bertz CT molecular complexity index is 1260. The number of halogens is 2. The molecule has 2 amide bonds. The summed E-state index contributed by atoms with van der Waals surface area (Å²) < 4.78 is 18.3. The molecule has 0 N–H and O–H groups in total. The number of rotatable bonds is 4. The van der Waals surface area contributed by atoms with Gasteiger partial charge in [-0.05, 0) is 66.2 Å². The summed E-state index contributed by atoms with van der Waals surface area (Å²) in [7, 11) is 1.27. The van der Waals surface area contributed by atoms with E-state index in [-0.39, 0.29) is 0 Å². The smallest absolute Gasteiger partial charge is 0.337 e. The van der Waals surface area contributed by atoms with Gasteiger partial charge in [-0.25, -0.2) is 19.1 Å². The zero-order valence-corrected chi connectivity index (χ0v) is 18.6. The molecule has 2 aliphatic heterocycles. The maximum atomic E-state index is 13.6. The van der Waals surface area contributed by atoms with Crippen molar-refractivity contribution in [3.63, 3.8) is 0 Å². The molecule has 2 heterocycles. The Morgan fingerprint density at radius 2 is 1.53 bits per heavy atom. The molecule has 172 valence electrons. The molecule has 0 aliphatic carbocycles. The zero-order valence-electron chi connectivity index (χ0n) is 17.9. The van der Waals surface area contributed by atoms with Gasteiger partial charge in [0.15, 0.2) is 6.10 Å². The van der Waals surface area contributed by atoms with Gasteiger partial charge in [0.05, 0.1) is 30.1 Å². The van der Waals surface area contributed by atoms with Gasteiger partial charge >= 0.3 is 5.97 Å². The van der Waals surface area contributed by atoms with Crippen LogP contribution in [-0.2, 0) is 19.2 Å². The summed E-state index contributed by atoms with van der Waals surface area (Å²) in [6, 6.07) is 17.8. The number of methoxy groups -OCH3 is 1. The number of benzene rings is 3. The number of amides is 2. The molecule has 3 atom stereocenters. The number of fused-ring (bicyclic) bond motifs is 1. The van der Waals surface area contributed by atoms with E-state index in [1.807, 2.05) is 0 Å². The fraction of sp³-hybridized carbons (Fsp3) is 0.160. The lowest BCUT2D eigenvalue weighted by Crippen LogP contribution is -2.37. The van der Waals surface area contributed by atoms with Crippen LogP contribution in [0.3, 0.4) is 0 Å². The first-order chi connectivity index (χ1) is 16.4. The van der Waals surface area contributed by atoms with E-state index in [2.05, 4.69) is 0 Å². The lowest BCUT2D eigenvalue weighted by molar-refractivity contribution is -0.126. The number of carbonyl (C=O) groups is 3. The van der Waals surface area contributed by atoms with Crippen molar-refractivity contribution in [2.24, 2.45) is 5.92 Å². The Labute approximate surface area is 199 Å². The van der Waals surface area contributed by atoms with Gasteiger partial charge in [0.1, 0.15) is 11.7 Å². The Morgan fingerprint density at radius 1 is 0.912 bits per heavy atom. The molecule has 3 aromatic rings. The monoisotopic (exact) mass is 480 g/mol. The van der Waals surface area contributed by atoms with E-state index in [1.54, 1.807) is 36.4 Å². The molecule has 0 saturated carbocycles. The van der Waals surface area contributed by atoms with E-state index < -0.39 is 41.7 Å². The highest BCUT2D eigenvalue weighted by molar-refractivity contribution is 6.30. The summed E-state index contributed by atoms with van der Waals surface area (Å²) in [6.07, 6.45) is -1.07. The summed E-state index contributed by atoms with van der Waals surface area (Å²) >= 11 is 6.01. The summed E-state index contributed by atoms with van der Waals surface area (Å²) in [5.41, 5.74) is 1.83. The largest absolute Gasteiger partial charge is 0.465 e. The van der Waals surface area contributed by atoms with Gasteiger partial charge in [-0.1, -0.05) is 23.7 Å². The van der Waals surface area contributed by atoms with E-state index in [4.69, 9.17) is 21.2 Å². The van der Waals surface area contributed by atoms with Crippen LogP contribution in [0.4, 0.5) is 15.8 Å². The van der Waals surface area contributed by atoms with Crippen LogP contribution in [0.2, 0.25) is 5.02 Å². The predicted molar refractivity (Wildman–Crippen MR) is 122 cm³/mol. The van der Waals surface area contributed by atoms with Gasteiger partial charge in [0.2, 0.25) is 5.91 Å². The number of hydrogen-bond acceptors (Lipinski definition) is 6. The topological polar surface area (TPSA) is 76.2 Å². The molecule has 7 nitrogen and oxygen atoms in total. The molecule has 0 spiro atoms. The Hall–Kier alpha value is -3.75. The molecular weight excluding hydrogens is 463 g/mol. The van der Waals surface area contributed by atoms with Crippen LogP contribution in [-0.4, -0.2) is 31.0 Å². The molecule has 9 heteroatoms. The van der Waals surface area contributed by atoms with Crippen LogP contribution in [0.25, 0.3) is 0 Å². The zero-order chi connectivity index (χ0) is 24.0. The summed E-state index contributed by atoms with van der Waals surface area (Å²) in [5, 5.41) is 2.03. The second-order valence-electron chi connectivity index (χ2n) is 7.90. The predicted octanol–water partition coefficient (Wildman–Crippen LogP) is 4.32. The normalized spacial score (nSPS) is 21.7. The fourth-order valence-corrected chi connectivity index (χ4v) is 4.47. The first kappa shape index (κ1) is 22.1. The minimum Gasteiger partial charge on any atom is -0.465 e. The maximum Gasteiger partial charge on any atom is 0.337 e.